The average Bonchev–Trinajstić information content (AvgIpc) is 2.35. The maximum atomic E-state index is 9.72. The molecule has 0 amide bonds. The zero-order chi connectivity index (χ0) is 14.5. The number of halogens is 1. The molecular weight excluding hydrogens is 306 g/mol. The Morgan fingerprint density at radius 3 is 2.68 bits per heavy atom. The standard InChI is InChI=1S/C15H24BrNO2/c1-5-8-19-14-7-6-13(16)9-12(14)10-17-15(3,4)11(2)18/h6-7,9,11,17-18H,5,8,10H2,1-4H3. The van der Waals surface area contributed by atoms with Gasteiger partial charge in [-0.15, -0.1) is 0 Å². The first-order chi connectivity index (χ1) is 8.86. The number of aliphatic hydroxyl groups is 1. The van der Waals surface area contributed by atoms with Crippen LogP contribution in [0.25, 0.3) is 0 Å². The molecule has 0 saturated carbocycles. The number of ether oxygens (including phenoxy) is 1. The molecule has 0 aliphatic carbocycles. The Morgan fingerprint density at radius 2 is 2.11 bits per heavy atom. The Bertz CT molecular complexity index is 405. The Morgan fingerprint density at radius 1 is 1.42 bits per heavy atom. The summed E-state index contributed by atoms with van der Waals surface area (Å²) in [5.74, 6) is 0.902. The summed E-state index contributed by atoms with van der Waals surface area (Å²) in [5.41, 5.74) is 0.765. The largest absolute Gasteiger partial charge is 0.493 e. The van der Waals surface area contributed by atoms with Crippen LogP contribution in [0.5, 0.6) is 5.75 Å². The summed E-state index contributed by atoms with van der Waals surface area (Å²) in [6.45, 7) is 9.24. The molecule has 1 aromatic carbocycles. The average molecular weight is 330 g/mol. The van der Waals surface area contributed by atoms with Crippen molar-refractivity contribution in [1.82, 2.24) is 5.32 Å². The third kappa shape index (κ3) is 5.13. The quantitative estimate of drug-likeness (QED) is 0.804. The normalized spacial score (nSPS) is 13.4. The molecule has 108 valence electrons. The van der Waals surface area contributed by atoms with E-state index in [0.717, 1.165) is 22.2 Å². The van der Waals surface area contributed by atoms with Gasteiger partial charge in [0.25, 0.3) is 0 Å². The molecule has 0 aromatic heterocycles. The van der Waals surface area contributed by atoms with Gasteiger partial charge in [-0.3, -0.25) is 0 Å². The summed E-state index contributed by atoms with van der Waals surface area (Å²) in [7, 11) is 0. The van der Waals surface area contributed by atoms with E-state index in [-0.39, 0.29) is 5.54 Å². The number of nitrogens with one attached hydrogen (secondary N) is 1. The number of hydrogen-bond acceptors (Lipinski definition) is 3. The van der Waals surface area contributed by atoms with Gasteiger partial charge in [0.05, 0.1) is 12.7 Å². The van der Waals surface area contributed by atoms with E-state index < -0.39 is 6.10 Å². The number of rotatable bonds is 7. The second kappa shape index (κ2) is 7.27. The maximum Gasteiger partial charge on any atom is 0.123 e. The van der Waals surface area contributed by atoms with Crippen LogP contribution in [0, 0.1) is 0 Å². The molecule has 0 radical (unpaired) electrons. The highest BCUT2D eigenvalue weighted by atomic mass is 79.9. The predicted molar refractivity (Wildman–Crippen MR) is 82.5 cm³/mol. The highest BCUT2D eigenvalue weighted by molar-refractivity contribution is 9.10. The van der Waals surface area contributed by atoms with Gasteiger partial charge in [0, 0.05) is 22.1 Å². The van der Waals surface area contributed by atoms with Crippen LogP contribution in [-0.2, 0) is 6.54 Å². The predicted octanol–water partition coefficient (Wildman–Crippen LogP) is 3.49. The molecule has 1 aromatic rings. The van der Waals surface area contributed by atoms with E-state index >= 15 is 0 Å². The lowest BCUT2D eigenvalue weighted by molar-refractivity contribution is 0.0954. The summed E-state index contributed by atoms with van der Waals surface area (Å²) in [4.78, 5) is 0. The molecule has 1 unspecified atom stereocenters. The van der Waals surface area contributed by atoms with Crippen molar-refractivity contribution in [2.45, 2.75) is 52.3 Å². The minimum Gasteiger partial charge on any atom is -0.493 e. The summed E-state index contributed by atoms with van der Waals surface area (Å²) in [6, 6.07) is 6.01. The number of benzene rings is 1. The van der Waals surface area contributed by atoms with Crippen molar-refractivity contribution in [2.24, 2.45) is 0 Å². The van der Waals surface area contributed by atoms with Gasteiger partial charge in [-0.1, -0.05) is 22.9 Å². The van der Waals surface area contributed by atoms with E-state index in [0.29, 0.717) is 13.2 Å². The van der Waals surface area contributed by atoms with E-state index in [4.69, 9.17) is 4.74 Å². The molecule has 0 fully saturated rings. The van der Waals surface area contributed by atoms with Crippen LogP contribution in [-0.4, -0.2) is 23.4 Å². The van der Waals surface area contributed by atoms with Crippen LogP contribution < -0.4 is 10.1 Å². The van der Waals surface area contributed by atoms with Crippen LogP contribution in [0.4, 0.5) is 0 Å². The van der Waals surface area contributed by atoms with Gasteiger partial charge < -0.3 is 15.2 Å². The van der Waals surface area contributed by atoms with Crippen molar-refractivity contribution in [3.63, 3.8) is 0 Å². The van der Waals surface area contributed by atoms with Crippen LogP contribution in [0.15, 0.2) is 22.7 Å². The van der Waals surface area contributed by atoms with Gasteiger partial charge in [0.2, 0.25) is 0 Å². The first-order valence-corrected chi connectivity index (χ1v) is 7.50. The molecule has 19 heavy (non-hydrogen) atoms. The molecule has 0 heterocycles. The van der Waals surface area contributed by atoms with E-state index in [2.05, 4.69) is 34.2 Å². The van der Waals surface area contributed by atoms with Crippen molar-refractivity contribution in [2.75, 3.05) is 6.61 Å². The maximum absolute atomic E-state index is 9.72. The van der Waals surface area contributed by atoms with Crippen LogP contribution in [0.1, 0.15) is 39.7 Å². The lowest BCUT2D eigenvalue weighted by Crippen LogP contribution is -2.47. The van der Waals surface area contributed by atoms with Crippen LogP contribution in [0.2, 0.25) is 0 Å². The molecule has 0 spiro atoms. The number of hydrogen-bond donors (Lipinski definition) is 2. The van der Waals surface area contributed by atoms with Gasteiger partial charge >= 0.3 is 0 Å². The van der Waals surface area contributed by atoms with E-state index in [1.807, 2.05) is 26.0 Å². The third-order valence-corrected chi connectivity index (χ3v) is 3.76. The van der Waals surface area contributed by atoms with Gasteiger partial charge in [-0.05, 0) is 45.4 Å². The van der Waals surface area contributed by atoms with E-state index in [1.165, 1.54) is 0 Å². The van der Waals surface area contributed by atoms with Crippen LogP contribution >= 0.6 is 15.9 Å². The fourth-order valence-electron chi connectivity index (χ4n) is 1.51. The molecule has 2 N–H and O–H groups in total. The second-order valence-electron chi connectivity index (χ2n) is 5.35. The summed E-state index contributed by atoms with van der Waals surface area (Å²) >= 11 is 3.48. The minimum atomic E-state index is -0.417. The molecule has 0 aliphatic heterocycles. The zero-order valence-corrected chi connectivity index (χ0v) is 13.8. The Kier molecular flexibility index (Phi) is 6.30. The van der Waals surface area contributed by atoms with Crippen molar-refractivity contribution < 1.29 is 9.84 Å². The van der Waals surface area contributed by atoms with Gasteiger partial charge in [0.1, 0.15) is 5.75 Å². The highest BCUT2D eigenvalue weighted by Crippen LogP contribution is 2.24. The fourth-order valence-corrected chi connectivity index (χ4v) is 1.92. The number of aliphatic hydroxyl groups excluding tert-OH is 1. The zero-order valence-electron chi connectivity index (χ0n) is 12.2. The van der Waals surface area contributed by atoms with Gasteiger partial charge in [0.15, 0.2) is 0 Å². The summed E-state index contributed by atoms with van der Waals surface area (Å²) < 4.78 is 6.77. The van der Waals surface area contributed by atoms with Crippen molar-refractivity contribution in [3.05, 3.63) is 28.2 Å². The topological polar surface area (TPSA) is 41.5 Å². The molecular formula is C15H24BrNO2. The fraction of sp³-hybridized carbons (Fsp3) is 0.600. The highest BCUT2D eigenvalue weighted by Gasteiger charge is 2.23. The Hall–Kier alpha value is -0.580. The second-order valence-corrected chi connectivity index (χ2v) is 6.27. The monoisotopic (exact) mass is 329 g/mol. The summed E-state index contributed by atoms with van der Waals surface area (Å²) in [5, 5.41) is 13.1. The third-order valence-electron chi connectivity index (χ3n) is 3.26. The molecule has 4 heteroatoms. The lowest BCUT2D eigenvalue weighted by atomic mass is 9.98. The molecule has 1 rings (SSSR count). The SMILES string of the molecule is CCCOc1ccc(Br)cc1CNC(C)(C)C(C)O. The van der Waals surface area contributed by atoms with E-state index in [9.17, 15) is 5.11 Å². The molecule has 3 nitrogen and oxygen atoms in total. The summed E-state index contributed by atoms with van der Waals surface area (Å²) in [6.07, 6.45) is 0.571. The van der Waals surface area contributed by atoms with Crippen molar-refractivity contribution in [1.29, 1.82) is 0 Å². The molecule has 0 bridgehead atoms. The van der Waals surface area contributed by atoms with Gasteiger partial charge in [-0.2, -0.15) is 0 Å². The van der Waals surface area contributed by atoms with E-state index in [1.54, 1.807) is 6.92 Å². The molecule has 1 atom stereocenters. The van der Waals surface area contributed by atoms with Gasteiger partial charge in [-0.25, -0.2) is 0 Å². The van der Waals surface area contributed by atoms with Crippen molar-refractivity contribution >= 4 is 15.9 Å². The first kappa shape index (κ1) is 16.5. The lowest BCUT2D eigenvalue weighted by Gasteiger charge is -2.30. The van der Waals surface area contributed by atoms with Crippen LogP contribution in [0.3, 0.4) is 0 Å². The first-order valence-electron chi connectivity index (χ1n) is 6.71. The Labute approximate surface area is 124 Å². The minimum absolute atomic E-state index is 0.329. The smallest absolute Gasteiger partial charge is 0.123 e. The molecule has 0 aliphatic rings. The molecule has 0 saturated heterocycles. The Balaban J connectivity index is 2.78. The van der Waals surface area contributed by atoms with Crippen molar-refractivity contribution in [3.8, 4) is 5.75 Å².